The summed E-state index contributed by atoms with van der Waals surface area (Å²) in [4.78, 5) is 27.1. The summed E-state index contributed by atoms with van der Waals surface area (Å²) in [7, 11) is 0. The van der Waals surface area contributed by atoms with E-state index in [2.05, 4.69) is 15.6 Å². The molecule has 168 valence electrons. The van der Waals surface area contributed by atoms with Crippen LogP contribution in [-0.4, -0.2) is 40.6 Å². The first-order chi connectivity index (χ1) is 15.4. The number of nitrogens with one attached hydrogen (secondary N) is 3. The minimum absolute atomic E-state index is 0.0981. The van der Waals surface area contributed by atoms with E-state index in [4.69, 9.17) is 5.11 Å². The van der Waals surface area contributed by atoms with Crippen molar-refractivity contribution < 1.29 is 27.9 Å². The Morgan fingerprint density at radius 3 is 2.56 bits per heavy atom. The highest BCUT2D eigenvalue weighted by Crippen LogP contribution is 2.33. The van der Waals surface area contributed by atoms with E-state index in [-0.39, 0.29) is 36.4 Å². The van der Waals surface area contributed by atoms with Crippen molar-refractivity contribution in [2.24, 2.45) is 0 Å². The smallest absolute Gasteiger partial charge is 0.242 e. The molecule has 4 rings (SSSR count). The number of aliphatic hydroxyl groups is 1. The zero-order valence-electron chi connectivity index (χ0n) is 17.1. The molecular weight excluding hydrogens is 423 g/mol. The van der Waals surface area contributed by atoms with Gasteiger partial charge in [-0.1, -0.05) is 0 Å². The van der Waals surface area contributed by atoms with E-state index in [1.165, 1.54) is 18.2 Å². The summed E-state index contributed by atoms with van der Waals surface area (Å²) < 4.78 is 41.6. The standard InChI is InChI=1S/C23H22F3N3O3/c24-13-6-4-12(5-7-13)21-16(17-8-14(25)9-18(26)22(17)29-21)2-1-3-20(31)28-19-10-15(11-30)27-23(19)32/h4-9,15,19,29-30H,1-3,10-11H2,(H,27,32)(H,28,31)/t15-,19-/m0/s1. The van der Waals surface area contributed by atoms with Crippen LogP contribution in [0.15, 0.2) is 36.4 Å². The Kier molecular flexibility index (Phi) is 6.18. The van der Waals surface area contributed by atoms with Crippen LogP contribution in [0.25, 0.3) is 22.2 Å². The van der Waals surface area contributed by atoms with E-state index in [0.29, 0.717) is 41.5 Å². The number of hydrogen-bond donors (Lipinski definition) is 4. The second-order valence-electron chi connectivity index (χ2n) is 7.89. The Balaban J connectivity index is 1.52. The largest absolute Gasteiger partial charge is 0.394 e. The molecule has 1 fully saturated rings. The molecule has 9 heteroatoms. The average Bonchev–Trinajstić information content (AvgIpc) is 3.29. The van der Waals surface area contributed by atoms with Crippen molar-refractivity contribution >= 4 is 22.7 Å². The quantitative estimate of drug-likeness (QED) is 0.451. The Bertz CT molecular complexity index is 1160. The van der Waals surface area contributed by atoms with Crippen LogP contribution in [0.2, 0.25) is 0 Å². The van der Waals surface area contributed by atoms with Crippen LogP contribution in [0.1, 0.15) is 24.8 Å². The highest BCUT2D eigenvalue weighted by Gasteiger charge is 2.32. The van der Waals surface area contributed by atoms with Gasteiger partial charge in [0.2, 0.25) is 11.8 Å². The van der Waals surface area contributed by atoms with Crippen molar-refractivity contribution in [2.75, 3.05) is 6.61 Å². The van der Waals surface area contributed by atoms with Crippen molar-refractivity contribution in [3.05, 3.63) is 59.4 Å². The number of aromatic nitrogens is 1. The van der Waals surface area contributed by atoms with Crippen LogP contribution in [0, 0.1) is 17.5 Å². The molecule has 2 aromatic carbocycles. The highest BCUT2D eigenvalue weighted by atomic mass is 19.1. The van der Waals surface area contributed by atoms with E-state index in [1.54, 1.807) is 12.1 Å². The zero-order valence-corrected chi connectivity index (χ0v) is 17.1. The van der Waals surface area contributed by atoms with E-state index < -0.39 is 23.5 Å². The lowest BCUT2D eigenvalue weighted by Crippen LogP contribution is -2.40. The fraction of sp³-hybridized carbons (Fsp3) is 0.304. The zero-order chi connectivity index (χ0) is 22.8. The monoisotopic (exact) mass is 445 g/mol. The van der Waals surface area contributed by atoms with Gasteiger partial charge in [0, 0.05) is 23.6 Å². The molecule has 0 bridgehead atoms. The maximum absolute atomic E-state index is 14.3. The average molecular weight is 445 g/mol. The fourth-order valence-corrected chi connectivity index (χ4v) is 4.09. The lowest BCUT2D eigenvalue weighted by atomic mass is 10.00. The summed E-state index contributed by atoms with van der Waals surface area (Å²) in [5, 5.41) is 14.7. The van der Waals surface area contributed by atoms with Crippen LogP contribution in [0.4, 0.5) is 13.2 Å². The van der Waals surface area contributed by atoms with Crippen molar-refractivity contribution in [1.29, 1.82) is 0 Å². The van der Waals surface area contributed by atoms with Gasteiger partial charge in [-0.05, 0) is 60.7 Å². The maximum atomic E-state index is 14.3. The van der Waals surface area contributed by atoms with Crippen molar-refractivity contribution in [2.45, 2.75) is 37.8 Å². The second kappa shape index (κ2) is 9.04. The number of aliphatic hydroxyl groups excluding tert-OH is 1. The maximum Gasteiger partial charge on any atom is 0.242 e. The third-order valence-electron chi connectivity index (χ3n) is 5.63. The van der Waals surface area contributed by atoms with E-state index in [0.717, 1.165) is 6.07 Å². The number of aryl methyl sites for hydroxylation is 1. The molecule has 1 aliphatic rings. The van der Waals surface area contributed by atoms with Gasteiger partial charge in [0.05, 0.1) is 18.2 Å². The van der Waals surface area contributed by atoms with E-state index in [1.807, 2.05) is 0 Å². The molecular formula is C23H22F3N3O3. The molecule has 6 nitrogen and oxygen atoms in total. The van der Waals surface area contributed by atoms with Crippen molar-refractivity contribution in [3.63, 3.8) is 0 Å². The molecule has 0 saturated carbocycles. The molecule has 2 amide bonds. The predicted molar refractivity (Wildman–Crippen MR) is 112 cm³/mol. The summed E-state index contributed by atoms with van der Waals surface area (Å²) in [6.45, 7) is -0.196. The molecule has 0 unspecified atom stereocenters. The molecule has 2 heterocycles. The Labute approximate surface area is 181 Å². The van der Waals surface area contributed by atoms with Gasteiger partial charge in [-0.25, -0.2) is 13.2 Å². The molecule has 1 saturated heterocycles. The van der Waals surface area contributed by atoms with Gasteiger partial charge >= 0.3 is 0 Å². The Morgan fingerprint density at radius 1 is 1.12 bits per heavy atom. The van der Waals surface area contributed by atoms with Crippen LogP contribution in [0.3, 0.4) is 0 Å². The topological polar surface area (TPSA) is 94.2 Å². The first-order valence-electron chi connectivity index (χ1n) is 10.3. The number of aromatic amines is 1. The van der Waals surface area contributed by atoms with Gasteiger partial charge < -0.3 is 20.7 Å². The van der Waals surface area contributed by atoms with Gasteiger partial charge in [0.15, 0.2) is 0 Å². The lowest BCUT2D eigenvalue weighted by Gasteiger charge is -2.10. The predicted octanol–water partition coefficient (Wildman–Crippen LogP) is 2.94. The number of halogens is 3. The van der Waals surface area contributed by atoms with Crippen LogP contribution in [0.5, 0.6) is 0 Å². The molecule has 2 atom stereocenters. The molecule has 0 aliphatic carbocycles. The van der Waals surface area contributed by atoms with Crippen LogP contribution in [-0.2, 0) is 16.0 Å². The SMILES string of the molecule is O=C(CCCc1c(-c2ccc(F)cc2)[nH]c2c(F)cc(F)cc12)N[C@H]1C[C@@H](CO)NC1=O. The van der Waals surface area contributed by atoms with Crippen molar-refractivity contribution in [1.82, 2.24) is 15.6 Å². The fourth-order valence-electron chi connectivity index (χ4n) is 4.09. The first kappa shape index (κ1) is 21.9. The minimum Gasteiger partial charge on any atom is -0.394 e. The third-order valence-corrected chi connectivity index (χ3v) is 5.63. The first-order valence-corrected chi connectivity index (χ1v) is 10.3. The minimum atomic E-state index is -0.738. The Morgan fingerprint density at radius 2 is 1.88 bits per heavy atom. The number of amides is 2. The molecule has 0 radical (unpaired) electrons. The van der Waals surface area contributed by atoms with Gasteiger partial charge in [-0.15, -0.1) is 0 Å². The highest BCUT2D eigenvalue weighted by molar-refractivity contribution is 5.92. The lowest BCUT2D eigenvalue weighted by molar-refractivity contribution is -0.127. The second-order valence-corrected chi connectivity index (χ2v) is 7.89. The van der Waals surface area contributed by atoms with Gasteiger partial charge in [0.1, 0.15) is 23.5 Å². The van der Waals surface area contributed by atoms with Gasteiger partial charge in [-0.3, -0.25) is 9.59 Å². The molecule has 4 N–H and O–H groups in total. The van der Waals surface area contributed by atoms with Gasteiger partial charge in [-0.2, -0.15) is 0 Å². The van der Waals surface area contributed by atoms with Crippen LogP contribution >= 0.6 is 0 Å². The molecule has 1 aromatic heterocycles. The summed E-state index contributed by atoms with van der Waals surface area (Å²) in [6, 6.07) is 6.60. The van der Waals surface area contributed by atoms with E-state index >= 15 is 0 Å². The number of hydrogen-bond acceptors (Lipinski definition) is 3. The number of rotatable bonds is 7. The molecule has 0 spiro atoms. The van der Waals surface area contributed by atoms with Crippen molar-refractivity contribution in [3.8, 4) is 11.3 Å². The summed E-state index contributed by atoms with van der Waals surface area (Å²) in [5.74, 6) is -2.54. The number of carbonyl (C=O) groups is 2. The number of benzene rings is 2. The molecule has 1 aliphatic heterocycles. The van der Waals surface area contributed by atoms with Crippen LogP contribution < -0.4 is 10.6 Å². The number of H-pyrrole nitrogens is 1. The summed E-state index contributed by atoms with van der Waals surface area (Å²) in [6.07, 6.45) is 1.11. The number of carbonyl (C=O) groups excluding carboxylic acids is 2. The molecule has 32 heavy (non-hydrogen) atoms. The number of fused-ring (bicyclic) bond motifs is 1. The Hall–Kier alpha value is -3.33. The normalized spacial score (nSPS) is 18.2. The summed E-state index contributed by atoms with van der Waals surface area (Å²) >= 11 is 0. The molecule has 3 aromatic rings. The third kappa shape index (κ3) is 4.47. The summed E-state index contributed by atoms with van der Waals surface area (Å²) in [5.41, 5.74) is 1.91. The van der Waals surface area contributed by atoms with Gasteiger partial charge in [0.25, 0.3) is 0 Å². The van der Waals surface area contributed by atoms with E-state index in [9.17, 15) is 22.8 Å².